The van der Waals surface area contributed by atoms with Gasteiger partial charge in [0.15, 0.2) is 0 Å². The Bertz CT molecular complexity index is 329. The molecule has 0 spiro atoms. The van der Waals surface area contributed by atoms with Crippen molar-refractivity contribution >= 4 is 11.3 Å². The molecule has 1 fully saturated rings. The molecule has 0 radical (unpaired) electrons. The van der Waals surface area contributed by atoms with Crippen LogP contribution in [0.5, 0.6) is 0 Å². The van der Waals surface area contributed by atoms with Gasteiger partial charge in [-0.2, -0.15) is 0 Å². The lowest BCUT2D eigenvalue weighted by molar-refractivity contribution is 0.148. The van der Waals surface area contributed by atoms with Gasteiger partial charge in [0.05, 0.1) is 6.04 Å². The second-order valence-electron chi connectivity index (χ2n) is 4.66. The summed E-state index contributed by atoms with van der Waals surface area (Å²) in [6, 6.07) is 4.51. The molecule has 0 bridgehead atoms. The van der Waals surface area contributed by atoms with Crippen LogP contribution in [-0.4, -0.2) is 49.6 Å². The highest BCUT2D eigenvalue weighted by Crippen LogP contribution is 2.22. The summed E-state index contributed by atoms with van der Waals surface area (Å²) in [6.45, 7) is 7.75. The summed E-state index contributed by atoms with van der Waals surface area (Å²) in [7, 11) is 2.18. The predicted octanol–water partition coefficient (Wildman–Crippen LogP) is 1.30. The van der Waals surface area contributed by atoms with Crippen LogP contribution in [0.25, 0.3) is 0 Å². The first-order chi connectivity index (χ1) is 7.65. The standard InChI is InChI=1S/C12H21N3S/c1-10-3-4-12(16-10)11(13)9-15-7-5-14(2)6-8-15/h3-4,11H,5-9,13H2,1-2H3. The minimum atomic E-state index is 0.183. The van der Waals surface area contributed by atoms with E-state index in [4.69, 9.17) is 5.73 Å². The lowest BCUT2D eigenvalue weighted by Gasteiger charge is -2.33. The van der Waals surface area contributed by atoms with Gasteiger partial charge in [-0.1, -0.05) is 0 Å². The first kappa shape index (κ1) is 12.0. The quantitative estimate of drug-likeness (QED) is 0.863. The van der Waals surface area contributed by atoms with Gasteiger partial charge in [0.25, 0.3) is 0 Å². The van der Waals surface area contributed by atoms with Crippen molar-refractivity contribution < 1.29 is 0 Å². The van der Waals surface area contributed by atoms with Crippen LogP contribution in [0.15, 0.2) is 12.1 Å². The molecule has 1 aliphatic rings. The molecule has 0 saturated carbocycles. The minimum Gasteiger partial charge on any atom is -0.322 e. The molecule has 1 aromatic rings. The third-order valence-corrected chi connectivity index (χ3v) is 4.31. The van der Waals surface area contributed by atoms with E-state index < -0.39 is 0 Å². The van der Waals surface area contributed by atoms with Crippen molar-refractivity contribution in [3.05, 3.63) is 21.9 Å². The summed E-state index contributed by atoms with van der Waals surface area (Å²) < 4.78 is 0. The lowest BCUT2D eigenvalue weighted by Crippen LogP contribution is -2.46. The number of thiophene rings is 1. The Morgan fingerprint density at radius 3 is 2.56 bits per heavy atom. The maximum absolute atomic E-state index is 6.23. The maximum atomic E-state index is 6.23. The number of nitrogens with two attached hydrogens (primary N) is 1. The van der Waals surface area contributed by atoms with Crippen molar-refractivity contribution in [3.63, 3.8) is 0 Å². The Kier molecular flexibility index (Phi) is 3.97. The molecule has 2 N–H and O–H groups in total. The highest BCUT2D eigenvalue weighted by atomic mass is 32.1. The van der Waals surface area contributed by atoms with E-state index in [9.17, 15) is 0 Å². The third kappa shape index (κ3) is 3.04. The maximum Gasteiger partial charge on any atom is 0.0519 e. The Labute approximate surface area is 102 Å². The van der Waals surface area contributed by atoms with Gasteiger partial charge in [-0.3, -0.25) is 4.90 Å². The van der Waals surface area contributed by atoms with Crippen molar-refractivity contribution in [2.75, 3.05) is 39.8 Å². The SMILES string of the molecule is Cc1ccc(C(N)CN2CCN(C)CC2)s1. The second-order valence-corrected chi connectivity index (χ2v) is 5.98. The Hall–Kier alpha value is -0.420. The number of piperazine rings is 1. The highest BCUT2D eigenvalue weighted by molar-refractivity contribution is 7.12. The van der Waals surface area contributed by atoms with Crippen LogP contribution in [0.3, 0.4) is 0 Å². The molecule has 0 aliphatic carbocycles. The molecule has 3 nitrogen and oxygen atoms in total. The fraction of sp³-hybridized carbons (Fsp3) is 0.667. The van der Waals surface area contributed by atoms with Crippen LogP contribution >= 0.6 is 11.3 Å². The lowest BCUT2D eigenvalue weighted by atomic mass is 10.2. The largest absolute Gasteiger partial charge is 0.322 e. The van der Waals surface area contributed by atoms with Crippen LogP contribution in [0.2, 0.25) is 0 Å². The van der Waals surface area contributed by atoms with Crippen molar-refractivity contribution in [1.82, 2.24) is 9.80 Å². The van der Waals surface area contributed by atoms with Crippen LogP contribution < -0.4 is 5.73 Å². The molecule has 1 aliphatic heterocycles. The van der Waals surface area contributed by atoms with Crippen molar-refractivity contribution in [3.8, 4) is 0 Å². The number of hydrogen-bond donors (Lipinski definition) is 1. The van der Waals surface area contributed by atoms with Crippen molar-refractivity contribution in [1.29, 1.82) is 0 Å². The van der Waals surface area contributed by atoms with E-state index in [0.717, 1.165) is 32.7 Å². The van der Waals surface area contributed by atoms with Gasteiger partial charge >= 0.3 is 0 Å². The van der Waals surface area contributed by atoms with Crippen LogP contribution in [0.4, 0.5) is 0 Å². The third-order valence-electron chi connectivity index (χ3n) is 3.18. The molecular weight excluding hydrogens is 218 g/mol. The summed E-state index contributed by atoms with van der Waals surface area (Å²) in [5.41, 5.74) is 6.23. The van der Waals surface area contributed by atoms with E-state index in [1.807, 2.05) is 11.3 Å². The van der Waals surface area contributed by atoms with Crippen molar-refractivity contribution in [2.24, 2.45) is 5.73 Å². The molecule has 2 heterocycles. The van der Waals surface area contributed by atoms with Gasteiger partial charge in [0, 0.05) is 42.5 Å². The predicted molar refractivity (Wildman–Crippen MR) is 69.9 cm³/mol. The molecule has 1 unspecified atom stereocenters. The Balaban J connectivity index is 1.85. The topological polar surface area (TPSA) is 32.5 Å². The number of rotatable bonds is 3. The molecule has 4 heteroatoms. The van der Waals surface area contributed by atoms with Gasteiger partial charge in [-0.25, -0.2) is 0 Å². The molecule has 0 amide bonds. The highest BCUT2D eigenvalue weighted by Gasteiger charge is 2.17. The number of nitrogens with zero attached hydrogens (tertiary/aromatic N) is 2. The van der Waals surface area contributed by atoms with Crippen LogP contribution in [-0.2, 0) is 0 Å². The molecule has 2 rings (SSSR count). The smallest absolute Gasteiger partial charge is 0.0519 e. The molecule has 1 aromatic heterocycles. The fourth-order valence-electron chi connectivity index (χ4n) is 2.05. The summed E-state index contributed by atoms with van der Waals surface area (Å²) in [4.78, 5) is 7.51. The normalized spacial score (nSPS) is 21.2. The monoisotopic (exact) mass is 239 g/mol. The van der Waals surface area contributed by atoms with Gasteiger partial charge in [0.1, 0.15) is 0 Å². The molecule has 16 heavy (non-hydrogen) atoms. The fourth-order valence-corrected chi connectivity index (χ4v) is 2.92. The minimum absolute atomic E-state index is 0.183. The molecule has 90 valence electrons. The van der Waals surface area contributed by atoms with E-state index in [-0.39, 0.29) is 6.04 Å². The van der Waals surface area contributed by atoms with Gasteiger partial charge in [-0.15, -0.1) is 11.3 Å². The van der Waals surface area contributed by atoms with Crippen LogP contribution in [0, 0.1) is 6.92 Å². The zero-order valence-electron chi connectivity index (χ0n) is 10.1. The summed E-state index contributed by atoms with van der Waals surface area (Å²) in [5.74, 6) is 0. The van der Waals surface area contributed by atoms with E-state index >= 15 is 0 Å². The zero-order valence-corrected chi connectivity index (χ0v) is 11.0. The molecule has 0 aromatic carbocycles. The van der Waals surface area contributed by atoms with E-state index in [1.54, 1.807) is 0 Å². The molecular formula is C12H21N3S. The summed E-state index contributed by atoms with van der Waals surface area (Å²) in [6.07, 6.45) is 0. The van der Waals surface area contributed by atoms with E-state index in [1.165, 1.54) is 9.75 Å². The van der Waals surface area contributed by atoms with Crippen LogP contribution in [0.1, 0.15) is 15.8 Å². The molecule has 1 atom stereocenters. The van der Waals surface area contributed by atoms with Gasteiger partial charge in [0.2, 0.25) is 0 Å². The first-order valence-corrected chi connectivity index (χ1v) is 6.69. The Morgan fingerprint density at radius 1 is 1.31 bits per heavy atom. The molecule has 1 saturated heterocycles. The zero-order chi connectivity index (χ0) is 11.5. The average Bonchev–Trinajstić information content (AvgIpc) is 2.68. The Morgan fingerprint density at radius 2 is 2.00 bits per heavy atom. The average molecular weight is 239 g/mol. The summed E-state index contributed by atoms with van der Waals surface area (Å²) >= 11 is 1.82. The van der Waals surface area contributed by atoms with Gasteiger partial charge in [-0.05, 0) is 26.1 Å². The number of likely N-dealkylation sites (N-methyl/N-ethyl adjacent to an activating group) is 1. The van der Waals surface area contributed by atoms with Crippen molar-refractivity contribution in [2.45, 2.75) is 13.0 Å². The number of hydrogen-bond acceptors (Lipinski definition) is 4. The number of aryl methyl sites for hydroxylation is 1. The van der Waals surface area contributed by atoms with E-state index in [2.05, 4.69) is 35.9 Å². The summed E-state index contributed by atoms with van der Waals surface area (Å²) in [5, 5.41) is 0. The second kappa shape index (κ2) is 5.27. The van der Waals surface area contributed by atoms with E-state index in [0.29, 0.717) is 0 Å². The first-order valence-electron chi connectivity index (χ1n) is 5.88. The van der Waals surface area contributed by atoms with Gasteiger partial charge < -0.3 is 10.6 Å².